The molecule has 262 valence electrons. The number of carboxylic acids is 1. The van der Waals surface area contributed by atoms with Crippen LogP contribution in [0.1, 0.15) is 36.9 Å². The Bertz CT molecular complexity index is 1570. The van der Waals surface area contributed by atoms with Gasteiger partial charge in [0.2, 0.25) is 0 Å². The zero-order chi connectivity index (χ0) is 35.1. The highest BCUT2D eigenvalue weighted by atomic mass is 19.4. The minimum absolute atomic E-state index is 0.0983. The van der Waals surface area contributed by atoms with Crippen molar-refractivity contribution in [3.8, 4) is 11.5 Å². The third-order valence-electron chi connectivity index (χ3n) is 8.58. The number of aromatic nitrogens is 3. The van der Waals surface area contributed by atoms with Gasteiger partial charge in [0, 0.05) is 42.9 Å². The van der Waals surface area contributed by atoms with E-state index < -0.39 is 29.8 Å². The fraction of sp³-hybridized carbons (Fsp3) is 0.484. The lowest BCUT2D eigenvalue weighted by atomic mass is 9.65. The minimum atomic E-state index is -5.08. The second-order valence-corrected chi connectivity index (χ2v) is 11.4. The Kier molecular flexibility index (Phi) is 11.8. The van der Waals surface area contributed by atoms with E-state index in [9.17, 15) is 26.7 Å². The Hall–Kier alpha value is -4.51. The van der Waals surface area contributed by atoms with Gasteiger partial charge in [0.25, 0.3) is 0 Å². The average Bonchev–Trinajstić information content (AvgIpc) is 3.66. The molecule has 1 aliphatic heterocycles. The van der Waals surface area contributed by atoms with E-state index in [1.165, 1.54) is 11.6 Å². The van der Waals surface area contributed by atoms with Gasteiger partial charge in [-0.15, -0.1) is 5.10 Å². The lowest BCUT2D eigenvalue weighted by Crippen LogP contribution is -2.53. The molecular formula is C31H37F5N6O6. The van der Waals surface area contributed by atoms with Gasteiger partial charge < -0.3 is 30.0 Å². The van der Waals surface area contributed by atoms with Gasteiger partial charge in [0.15, 0.2) is 23.1 Å². The summed E-state index contributed by atoms with van der Waals surface area (Å²) in [6.45, 7) is 2.74. The second kappa shape index (κ2) is 15.6. The number of likely N-dealkylation sites (tertiary alicyclic amines) is 1. The SMILES string of the molecule is COCc1cn(CCN2CCC3(c4ccc(OC)c(OC)c4)CCC(NC(=O)Nc4ccc(F)c(F)c4)CC23)nn1.O=C(O)C(F)(F)F. The molecule has 1 aromatic heterocycles. The Labute approximate surface area is 273 Å². The summed E-state index contributed by atoms with van der Waals surface area (Å²) in [5.74, 6) is -3.36. The van der Waals surface area contributed by atoms with Crippen LogP contribution < -0.4 is 20.1 Å². The molecule has 3 atom stereocenters. The Morgan fingerprint density at radius 3 is 2.40 bits per heavy atom. The molecular weight excluding hydrogens is 647 g/mol. The third kappa shape index (κ3) is 8.69. The largest absolute Gasteiger partial charge is 0.493 e. The number of aliphatic carboxylic acids is 1. The van der Waals surface area contributed by atoms with E-state index in [-0.39, 0.29) is 23.2 Å². The van der Waals surface area contributed by atoms with Crippen molar-refractivity contribution >= 4 is 17.7 Å². The van der Waals surface area contributed by atoms with Crippen molar-refractivity contribution in [3.63, 3.8) is 0 Å². The van der Waals surface area contributed by atoms with Gasteiger partial charge in [-0.1, -0.05) is 11.3 Å². The topological polar surface area (TPSA) is 140 Å². The molecule has 2 amide bonds. The molecule has 1 saturated heterocycles. The molecule has 1 saturated carbocycles. The maximum atomic E-state index is 13.6. The predicted molar refractivity (Wildman–Crippen MR) is 162 cm³/mol. The average molecular weight is 685 g/mol. The number of alkyl halides is 3. The quantitative estimate of drug-likeness (QED) is 0.259. The second-order valence-electron chi connectivity index (χ2n) is 11.4. The molecule has 0 spiro atoms. The van der Waals surface area contributed by atoms with Gasteiger partial charge in [-0.2, -0.15) is 13.2 Å². The normalized spacial score (nSPS) is 20.7. The molecule has 3 N–H and O–H groups in total. The van der Waals surface area contributed by atoms with E-state index in [1.807, 2.05) is 16.9 Å². The smallest absolute Gasteiger partial charge is 0.490 e. The number of carboxylic acid groups (broad SMARTS) is 1. The summed E-state index contributed by atoms with van der Waals surface area (Å²) in [5.41, 5.74) is 2.04. The van der Waals surface area contributed by atoms with Crippen LogP contribution in [-0.4, -0.2) is 89.7 Å². The molecule has 3 aromatic rings. The molecule has 3 unspecified atom stereocenters. The van der Waals surface area contributed by atoms with Crippen molar-refractivity contribution in [2.75, 3.05) is 39.7 Å². The van der Waals surface area contributed by atoms with Gasteiger partial charge in [-0.3, -0.25) is 9.58 Å². The molecule has 1 aliphatic carbocycles. The summed E-state index contributed by atoms with van der Waals surface area (Å²) in [7, 11) is 4.89. The highest BCUT2D eigenvalue weighted by molar-refractivity contribution is 5.89. The molecule has 17 heteroatoms. The first-order valence-corrected chi connectivity index (χ1v) is 15.0. The number of hydrogen-bond donors (Lipinski definition) is 3. The van der Waals surface area contributed by atoms with Crippen molar-refractivity contribution in [2.45, 2.75) is 62.5 Å². The van der Waals surface area contributed by atoms with E-state index in [0.29, 0.717) is 24.7 Å². The summed E-state index contributed by atoms with van der Waals surface area (Å²) in [5, 5.41) is 21.2. The number of benzene rings is 2. The number of nitrogens with zero attached hydrogens (tertiary/aromatic N) is 4. The number of urea groups is 1. The highest BCUT2D eigenvalue weighted by Crippen LogP contribution is 2.50. The molecule has 2 heterocycles. The van der Waals surface area contributed by atoms with E-state index in [4.69, 9.17) is 24.1 Å². The van der Waals surface area contributed by atoms with Crippen molar-refractivity contribution in [2.24, 2.45) is 0 Å². The lowest BCUT2D eigenvalue weighted by Gasteiger charge is -2.45. The van der Waals surface area contributed by atoms with Crippen LogP contribution in [0.5, 0.6) is 11.5 Å². The summed E-state index contributed by atoms with van der Waals surface area (Å²) in [6.07, 6.45) is 0.141. The predicted octanol–water partition coefficient (Wildman–Crippen LogP) is 4.74. The number of rotatable bonds is 10. The first-order chi connectivity index (χ1) is 22.8. The number of carbonyl (C=O) groups is 2. The molecule has 5 rings (SSSR count). The Morgan fingerprint density at radius 1 is 1.02 bits per heavy atom. The lowest BCUT2D eigenvalue weighted by molar-refractivity contribution is -0.192. The maximum absolute atomic E-state index is 13.6. The summed E-state index contributed by atoms with van der Waals surface area (Å²) in [6, 6.07) is 9.05. The van der Waals surface area contributed by atoms with Crippen LogP contribution in [0.15, 0.2) is 42.6 Å². The minimum Gasteiger partial charge on any atom is -0.493 e. The number of anilines is 1. The number of ether oxygens (including phenoxy) is 3. The number of methoxy groups -OCH3 is 3. The van der Waals surface area contributed by atoms with Crippen molar-refractivity contribution in [3.05, 3.63) is 65.5 Å². The highest BCUT2D eigenvalue weighted by Gasteiger charge is 2.51. The van der Waals surface area contributed by atoms with Crippen molar-refractivity contribution in [1.82, 2.24) is 25.2 Å². The standard InChI is InChI=1S/C29H36F2N6O4.C2HF3O2/c1-39-18-22-17-37(35-34-22)13-12-36-11-10-29(19-4-7-25(40-2)26(14-19)41-3)9-8-21(16-27(29)36)33-28(38)32-20-5-6-23(30)24(31)15-20;3-2(4,5)1(6)7/h4-7,14-15,17,21,27H,8-13,16,18H2,1-3H3,(H2,32,33,38);(H,6,7). The number of fused-ring (bicyclic) bond motifs is 1. The number of amides is 2. The Balaban J connectivity index is 0.000000671. The van der Waals surface area contributed by atoms with Crippen molar-refractivity contribution < 1.29 is 50.9 Å². The van der Waals surface area contributed by atoms with E-state index in [2.05, 4.69) is 38.0 Å². The van der Waals surface area contributed by atoms with Crippen LogP contribution in [0, 0.1) is 11.6 Å². The molecule has 48 heavy (non-hydrogen) atoms. The number of halogens is 5. The van der Waals surface area contributed by atoms with Crippen LogP contribution in [0.4, 0.5) is 32.4 Å². The molecule has 2 fully saturated rings. The number of hydrogen-bond acceptors (Lipinski definition) is 8. The zero-order valence-electron chi connectivity index (χ0n) is 26.5. The fourth-order valence-corrected chi connectivity index (χ4v) is 6.35. The fourth-order valence-electron chi connectivity index (χ4n) is 6.35. The summed E-state index contributed by atoms with van der Waals surface area (Å²) in [4.78, 5) is 24.2. The molecule has 0 radical (unpaired) electrons. The molecule has 0 bridgehead atoms. The van der Waals surface area contributed by atoms with Crippen molar-refractivity contribution in [1.29, 1.82) is 0 Å². The molecule has 12 nitrogen and oxygen atoms in total. The van der Waals surface area contributed by atoms with Crippen LogP contribution in [-0.2, 0) is 28.1 Å². The number of nitrogens with one attached hydrogen (secondary N) is 2. The molecule has 2 aliphatic rings. The van der Waals surface area contributed by atoms with Crippen LogP contribution in [0.3, 0.4) is 0 Å². The van der Waals surface area contributed by atoms with E-state index in [0.717, 1.165) is 56.6 Å². The number of carbonyl (C=O) groups excluding carboxylic acids is 1. The van der Waals surface area contributed by atoms with Crippen LogP contribution >= 0.6 is 0 Å². The van der Waals surface area contributed by atoms with E-state index >= 15 is 0 Å². The zero-order valence-corrected chi connectivity index (χ0v) is 26.5. The summed E-state index contributed by atoms with van der Waals surface area (Å²) < 4.78 is 76.8. The summed E-state index contributed by atoms with van der Waals surface area (Å²) >= 11 is 0. The Morgan fingerprint density at radius 2 is 1.75 bits per heavy atom. The van der Waals surface area contributed by atoms with Gasteiger partial charge in [-0.25, -0.2) is 18.4 Å². The maximum Gasteiger partial charge on any atom is 0.490 e. The first kappa shape index (κ1) is 36.3. The molecule has 2 aromatic carbocycles. The van der Waals surface area contributed by atoms with Gasteiger partial charge in [0.1, 0.15) is 5.69 Å². The van der Waals surface area contributed by atoms with Gasteiger partial charge >= 0.3 is 18.2 Å². The van der Waals surface area contributed by atoms with Gasteiger partial charge in [-0.05, 0) is 62.1 Å². The first-order valence-electron chi connectivity index (χ1n) is 15.0. The van der Waals surface area contributed by atoms with Gasteiger partial charge in [0.05, 0.1) is 33.6 Å². The monoisotopic (exact) mass is 684 g/mol. The van der Waals surface area contributed by atoms with Crippen LogP contribution in [0.2, 0.25) is 0 Å². The third-order valence-corrected chi connectivity index (χ3v) is 8.58. The van der Waals surface area contributed by atoms with E-state index in [1.54, 1.807) is 21.3 Å². The van der Waals surface area contributed by atoms with Crippen LogP contribution in [0.25, 0.3) is 0 Å².